The minimum absolute atomic E-state index is 0.0820. The largest absolute Gasteiger partial charge is 0.497 e. The van der Waals surface area contributed by atoms with Gasteiger partial charge in [-0.15, -0.1) is 0 Å². The smallest absolute Gasteiger partial charge is 0.261 e. The van der Waals surface area contributed by atoms with Crippen LogP contribution >= 0.6 is 0 Å². The average molecular weight is 383 g/mol. The number of nitrogens with one attached hydrogen (secondary N) is 2. The lowest BCUT2D eigenvalue weighted by Crippen LogP contribution is -2.17. The first-order valence-electron chi connectivity index (χ1n) is 7.97. The van der Waals surface area contributed by atoms with E-state index < -0.39 is 10.0 Å². The number of benzene rings is 2. The first-order valence-corrected chi connectivity index (χ1v) is 9.45. The predicted octanol–water partition coefficient (Wildman–Crippen LogP) is 3.14. The van der Waals surface area contributed by atoms with Crippen LogP contribution in [-0.2, 0) is 10.0 Å². The summed E-state index contributed by atoms with van der Waals surface area (Å²) in [5, 5.41) is 2.71. The van der Waals surface area contributed by atoms with E-state index >= 15 is 0 Å². The number of sulfonamides is 1. The molecular weight excluding hydrogens is 366 g/mol. The molecule has 2 aromatic carbocycles. The van der Waals surface area contributed by atoms with Gasteiger partial charge in [0.05, 0.1) is 23.4 Å². The number of pyridine rings is 1. The second kappa shape index (κ2) is 7.88. The van der Waals surface area contributed by atoms with Gasteiger partial charge in [0.15, 0.2) is 0 Å². The van der Waals surface area contributed by atoms with Crippen molar-refractivity contribution >= 4 is 27.3 Å². The normalized spacial score (nSPS) is 10.9. The molecule has 0 bridgehead atoms. The molecule has 0 aliphatic rings. The van der Waals surface area contributed by atoms with Gasteiger partial charge in [0, 0.05) is 18.0 Å². The molecule has 1 amide bonds. The lowest BCUT2D eigenvalue weighted by molar-refractivity contribution is 0.102. The van der Waals surface area contributed by atoms with Crippen LogP contribution in [0.15, 0.2) is 78.0 Å². The Morgan fingerprint density at radius 1 is 0.926 bits per heavy atom. The summed E-state index contributed by atoms with van der Waals surface area (Å²) < 4.78 is 32.8. The molecule has 0 aliphatic heterocycles. The maximum absolute atomic E-state index is 12.6. The zero-order chi connectivity index (χ0) is 19.3. The van der Waals surface area contributed by atoms with E-state index in [1.807, 2.05) is 0 Å². The Kier molecular flexibility index (Phi) is 5.37. The highest BCUT2D eigenvalue weighted by atomic mass is 32.2. The summed E-state index contributed by atoms with van der Waals surface area (Å²) in [6.45, 7) is 0. The quantitative estimate of drug-likeness (QED) is 0.681. The number of carbonyl (C=O) groups is 1. The molecule has 0 radical (unpaired) electrons. The van der Waals surface area contributed by atoms with Crippen LogP contribution in [0.2, 0.25) is 0 Å². The van der Waals surface area contributed by atoms with Crippen LogP contribution in [0.3, 0.4) is 0 Å². The van der Waals surface area contributed by atoms with Crippen LogP contribution in [0, 0.1) is 0 Å². The van der Waals surface area contributed by atoms with E-state index in [4.69, 9.17) is 4.74 Å². The number of amides is 1. The molecular formula is C19H17N3O4S. The Hall–Kier alpha value is -3.39. The summed E-state index contributed by atoms with van der Waals surface area (Å²) in [7, 11) is -2.32. The predicted molar refractivity (Wildman–Crippen MR) is 102 cm³/mol. The van der Waals surface area contributed by atoms with Gasteiger partial charge in [-0.1, -0.05) is 12.1 Å². The molecule has 8 heteroatoms. The fourth-order valence-corrected chi connectivity index (χ4v) is 3.42. The topological polar surface area (TPSA) is 97.4 Å². The Balaban J connectivity index is 1.84. The second-order valence-electron chi connectivity index (χ2n) is 5.52. The van der Waals surface area contributed by atoms with Gasteiger partial charge in [-0.3, -0.25) is 14.5 Å². The lowest BCUT2D eigenvalue weighted by Gasteiger charge is -2.14. The molecule has 7 nitrogen and oxygen atoms in total. The first kappa shape index (κ1) is 18.4. The molecule has 0 fully saturated rings. The summed E-state index contributed by atoms with van der Waals surface area (Å²) in [6, 6.07) is 15.7. The van der Waals surface area contributed by atoms with Gasteiger partial charge in [0.25, 0.3) is 15.9 Å². The van der Waals surface area contributed by atoms with Gasteiger partial charge in [-0.05, 0) is 48.5 Å². The molecule has 0 saturated heterocycles. The number of hydrogen-bond acceptors (Lipinski definition) is 5. The molecule has 1 heterocycles. The number of nitrogens with zero attached hydrogens (tertiary/aromatic N) is 1. The molecule has 3 rings (SSSR count). The monoisotopic (exact) mass is 383 g/mol. The highest BCUT2D eigenvalue weighted by Crippen LogP contribution is 2.25. The third kappa shape index (κ3) is 4.42. The summed E-state index contributed by atoms with van der Waals surface area (Å²) >= 11 is 0. The highest BCUT2D eigenvalue weighted by Gasteiger charge is 2.17. The van der Waals surface area contributed by atoms with Gasteiger partial charge in [-0.2, -0.15) is 0 Å². The van der Waals surface area contributed by atoms with Crippen molar-refractivity contribution in [2.75, 3.05) is 17.1 Å². The number of rotatable bonds is 6. The number of aromatic nitrogens is 1. The van der Waals surface area contributed by atoms with Crippen LogP contribution in [0.25, 0.3) is 0 Å². The molecule has 27 heavy (non-hydrogen) atoms. The molecule has 138 valence electrons. The highest BCUT2D eigenvalue weighted by molar-refractivity contribution is 7.92. The third-order valence-corrected chi connectivity index (χ3v) is 5.11. The van der Waals surface area contributed by atoms with Crippen LogP contribution < -0.4 is 14.8 Å². The van der Waals surface area contributed by atoms with Crippen LogP contribution in [0.5, 0.6) is 5.75 Å². The number of hydrogen-bond donors (Lipinski definition) is 2. The SMILES string of the molecule is COc1ccc(S(=O)(=O)Nc2ccccc2NC(=O)c2ccncc2)cc1. The van der Waals surface area contributed by atoms with Gasteiger partial charge >= 0.3 is 0 Å². The van der Waals surface area contributed by atoms with Gasteiger partial charge in [-0.25, -0.2) is 8.42 Å². The second-order valence-corrected chi connectivity index (χ2v) is 7.20. The van der Waals surface area contributed by atoms with E-state index in [0.717, 1.165) is 0 Å². The van der Waals surface area contributed by atoms with Crippen LogP contribution in [-0.4, -0.2) is 26.4 Å². The molecule has 3 aromatic rings. The first-order chi connectivity index (χ1) is 13.0. The van der Waals surface area contributed by atoms with Crippen molar-refractivity contribution in [2.45, 2.75) is 4.90 Å². The van der Waals surface area contributed by atoms with E-state index in [0.29, 0.717) is 17.0 Å². The van der Waals surface area contributed by atoms with Crippen molar-refractivity contribution in [1.82, 2.24) is 4.98 Å². The van der Waals surface area contributed by atoms with Crippen molar-refractivity contribution in [3.05, 3.63) is 78.6 Å². The summed E-state index contributed by atoms with van der Waals surface area (Å²) in [4.78, 5) is 16.3. The van der Waals surface area contributed by atoms with Crippen molar-refractivity contribution in [3.63, 3.8) is 0 Å². The molecule has 0 spiro atoms. The number of carbonyl (C=O) groups excluding carboxylic acids is 1. The summed E-state index contributed by atoms with van der Waals surface area (Å²) in [6.07, 6.45) is 3.01. The standard InChI is InChI=1S/C19H17N3O4S/c1-26-15-6-8-16(9-7-15)27(24,25)22-18-5-3-2-4-17(18)21-19(23)14-10-12-20-13-11-14/h2-13,22H,1H3,(H,21,23). The fraction of sp³-hybridized carbons (Fsp3) is 0.0526. The van der Waals surface area contributed by atoms with E-state index in [1.165, 1.54) is 31.6 Å². The molecule has 0 unspecified atom stereocenters. The number of methoxy groups -OCH3 is 1. The van der Waals surface area contributed by atoms with E-state index in [2.05, 4.69) is 15.0 Å². The molecule has 0 atom stereocenters. The van der Waals surface area contributed by atoms with E-state index in [9.17, 15) is 13.2 Å². The number of para-hydroxylation sites is 2. The van der Waals surface area contributed by atoms with E-state index in [1.54, 1.807) is 48.5 Å². The van der Waals surface area contributed by atoms with Gasteiger partial charge < -0.3 is 10.1 Å². The van der Waals surface area contributed by atoms with Crippen molar-refractivity contribution < 1.29 is 17.9 Å². The van der Waals surface area contributed by atoms with Crippen LogP contribution in [0.4, 0.5) is 11.4 Å². The molecule has 2 N–H and O–H groups in total. The van der Waals surface area contributed by atoms with Gasteiger partial charge in [0.2, 0.25) is 0 Å². The zero-order valence-electron chi connectivity index (χ0n) is 14.4. The van der Waals surface area contributed by atoms with Crippen LogP contribution in [0.1, 0.15) is 10.4 Å². The Labute approximate surface area is 157 Å². The molecule has 0 aliphatic carbocycles. The Morgan fingerprint density at radius 2 is 1.56 bits per heavy atom. The summed E-state index contributed by atoms with van der Waals surface area (Å²) in [5.41, 5.74) is 1.02. The fourth-order valence-electron chi connectivity index (χ4n) is 2.34. The third-order valence-electron chi connectivity index (χ3n) is 3.73. The summed E-state index contributed by atoms with van der Waals surface area (Å²) in [5.74, 6) is 0.187. The van der Waals surface area contributed by atoms with Gasteiger partial charge in [0.1, 0.15) is 5.75 Å². The molecule has 1 aromatic heterocycles. The average Bonchev–Trinajstić information content (AvgIpc) is 2.70. The lowest BCUT2D eigenvalue weighted by atomic mass is 10.2. The zero-order valence-corrected chi connectivity index (χ0v) is 15.2. The van der Waals surface area contributed by atoms with Crippen molar-refractivity contribution in [2.24, 2.45) is 0 Å². The minimum atomic E-state index is -3.83. The van der Waals surface area contributed by atoms with Crippen molar-refractivity contribution in [1.29, 1.82) is 0 Å². The minimum Gasteiger partial charge on any atom is -0.497 e. The van der Waals surface area contributed by atoms with E-state index in [-0.39, 0.29) is 16.5 Å². The Bertz CT molecular complexity index is 1040. The van der Waals surface area contributed by atoms with Crippen molar-refractivity contribution in [3.8, 4) is 5.75 Å². The Morgan fingerprint density at radius 3 is 2.19 bits per heavy atom. The maximum Gasteiger partial charge on any atom is 0.261 e. The number of ether oxygens (including phenoxy) is 1. The maximum atomic E-state index is 12.6. The number of anilines is 2. The molecule has 0 saturated carbocycles.